The predicted octanol–water partition coefficient (Wildman–Crippen LogP) is 3.41. The van der Waals surface area contributed by atoms with Crippen LogP contribution in [0, 0.1) is 12.8 Å². The minimum Gasteiger partial charge on any atom is -0.478 e. The van der Waals surface area contributed by atoms with Gasteiger partial charge in [-0.3, -0.25) is 14.4 Å². The summed E-state index contributed by atoms with van der Waals surface area (Å²) in [5.41, 5.74) is 4.01. The van der Waals surface area contributed by atoms with E-state index in [4.69, 9.17) is 9.72 Å². The van der Waals surface area contributed by atoms with Crippen molar-refractivity contribution in [2.75, 3.05) is 51.0 Å². The highest BCUT2D eigenvalue weighted by molar-refractivity contribution is 6.05. The van der Waals surface area contributed by atoms with E-state index >= 15 is 0 Å². The van der Waals surface area contributed by atoms with E-state index in [2.05, 4.69) is 61.4 Å². The van der Waals surface area contributed by atoms with Gasteiger partial charge in [-0.15, -0.1) is 5.10 Å². The summed E-state index contributed by atoms with van der Waals surface area (Å²) in [4.78, 5) is 35.3. The fraction of sp³-hybridized carbons (Fsp3) is 0.464. The molecule has 0 aromatic carbocycles. The van der Waals surface area contributed by atoms with Crippen molar-refractivity contribution in [1.29, 1.82) is 0 Å². The van der Waals surface area contributed by atoms with Gasteiger partial charge in [-0.1, -0.05) is 13.8 Å². The van der Waals surface area contributed by atoms with Crippen molar-refractivity contribution in [1.82, 2.24) is 39.5 Å². The van der Waals surface area contributed by atoms with Gasteiger partial charge < -0.3 is 25.3 Å². The molecule has 212 valence electrons. The summed E-state index contributed by atoms with van der Waals surface area (Å²) < 4.78 is 7.01. The molecule has 1 aliphatic heterocycles. The number of H-pyrrole nitrogens is 1. The standard InChI is InChI=1S/C28H38N10O2/c1-17(2)13-22(38-11-9-36(4)10-12-38)26(39)34-25-24-19(7-8-29-25)20(15-30-24)23-18(3)14-31-28(33-23)32-21-16-37(5)35-27(21)40-6/h7-8,14-17,22,30H,9-13H2,1-6H3,(H,29,34,39)(H,31,32,33)/t22-/m1/s1. The van der Waals surface area contributed by atoms with Crippen LogP contribution < -0.4 is 15.4 Å². The first-order chi connectivity index (χ1) is 19.2. The smallest absolute Gasteiger partial charge is 0.256 e. The number of aromatic amines is 1. The van der Waals surface area contributed by atoms with E-state index in [-0.39, 0.29) is 11.9 Å². The Kier molecular flexibility index (Phi) is 7.99. The summed E-state index contributed by atoms with van der Waals surface area (Å²) in [5.74, 6) is 1.77. The first-order valence-electron chi connectivity index (χ1n) is 13.6. The summed E-state index contributed by atoms with van der Waals surface area (Å²) >= 11 is 0. The monoisotopic (exact) mass is 546 g/mol. The number of carbonyl (C=O) groups excluding carboxylic acids is 1. The number of fused-ring (bicyclic) bond motifs is 1. The van der Waals surface area contributed by atoms with Crippen molar-refractivity contribution < 1.29 is 9.53 Å². The third-order valence-electron chi connectivity index (χ3n) is 7.28. The summed E-state index contributed by atoms with van der Waals surface area (Å²) in [6.45, 7) is 9.95. The van der Waals surface area contributed by atoms with Crippen LogP contribution in [0.2, 0.25) is 0 Å². The first kappa shape index (κ1) is 27.5. The quantitative estimate of drug-likeness (QED) is 0.289. The van der Waals surface area contributed by atoms with E-state index in [1.807, 2.05) is 32.4 Å². The minimum atomic E-state index is -0.206. The summed E-state index contributed by atoms with van der Waals surface area (Å²) in [6, 6.07) is 1.73. The molecule has 5 rings (SSSR count). The second-order valence-corrected chi connectivity index (χ2v) is 10.8. The lowest BCUT2D eigenvalue weighted by molar-refractivity contribution is -0.122. The normalized spacial score (nSPS) is 15.5. The van der Waals surface area contributed by atoms with Crippen molar-refractivity contribution in [3.8, 4) is 17.1 Å². The van der Waals surface area contributed by atoms with Crippen LogP contribution in [-0.2, 0) is 11.8 Å². The number of hydrogen-bond donors (Lipinski definition) is 3. The summed E-state index contributed by atoms with van der Waals surface area (Å²) in [5, 5.41) is 11.5. The molecule has 0 radical (unpaired) electrons. The molecular weight excluding hydrogens is 508 g/mol. The maximum atomic E-state index is 13.6. The molecule has 12 nitrogen and oxygen atoms in total. The second kappa shape index (κ2) is 11.6. The SMILES string of the molecule is COc1nn(C)cc1Nc1ncc(C)c(-c2c[nH]c3c(NC(=O)[C@@H](CC(C)C)N4CCN(C)CC4)nccc23)n1. The van der Waals surface area contributed by atoms with Gasteiger partial charge in [0.05, 0.1) is 30.6 Å². The van der Waals surface area contributed by atoms with Crippen LogP contribution >= 0.6 is 0 Å². The molecule has 12 heteroatoms. The number of carbonyl (C=O) groups is 1. The highest BCUT2D eigenvalue weighted by atomic mass is 16.5. The number of nitrogens with one attached hydrogen (secondary N) is 3. The number of nitrogens with zero attached hydrogens (tertiary/aromatic N) is 7. The lowest BCUT2D eigenvalue weighted by Gasteiger charge is -2.37. The molecule has 4 aromatic heterocycles. The van der Waals surface area contributed by atoms with Gasteiger partial charge in [-0.2, -0.15) is 0 Å². The third kappa shape index (κ3) is 5.77. The number of aryl methyl sites for hydroxylation is 2. The van der Waals surface area contributed by atoms with E-state index in [0.717, 1.165) is 60.3 Å². The molecule has 0 saturated carbocycles. The van der Waals surface area contributed by atoms with E-state index in [0.29, 0.717) is 29.3 Å². The Morgan fingerprint density at radius 1 is 1.18 bits per heavy atom. The van der Waals surface area contributed by atoms with Crippen molar-refractivity contribution in [3.63, 3.8) is 0 Å². The van der Waals surface area contributed by atoms with E-state index in [1.165, 1.54) is 0 Å². The number of piperazine rings is 1. The molecule has 40 heavy (non-hydrogen) atoms. The van der Waals surface area contributed by atoms with Crippen LogP contribution in [0.15, 0.2) is 30.9 Å². The molecule has 0 aliphatic carbocycles. The van der Waals surface area contributed by atoms with E-state index < -0.39 is 0 Å². The number of methoxy groups -OCH3 is 1. The van der Waals surface area contributed by atoms with Crippen molar-refractivity contribution in [3.05, 3.63) is 36.4 Å². The number of anilines is 3. The molecule has 1 fully saturated rings. The number of amides is 1. The maximum Gasteiger partial charge on any atom is 0.256 e. The molecule has 1 atom stereocenters. The van der Waals surface area contributed by atoms with Gasteiger partial charge in [0.1, 0.15) is 5.69 Å². The van der Waals surface area contributed by atoms with Crippen molar-refractivity contribution >= 4 is 34.3 Å². The lowest BCUT2D eigenvalue weighted by Crippen LogP contribution is -2.53. The largest absolute Gasteiger partial charge is 0.478 e. The van der Waals surface area contributed by atoms with Gasteiger partial charge >= 0.3 is 0 Å². The zero-order valence-corrected chi connectivity index (χ0v) is 24.0. The maximum absolute atomic E-state index is 13.6. The van der Waals surface area contributed by atoms with E-state index in [1.54, 1.807) is 24.2 Å². The first-order valence-corrected chi connectivity index (χ1v) is 13.6. The Morgan fingerprint density at radius 2 is 1.95 bits per heavy atom. The predicted molar refractivity (Wildman–Crippen MR) is 156 cm³/mol. The van der Waals surface area contributed by atoms with Gasteiger partial charge in [0, 0.05) is 62.8 Å². The summed E-state index contributed by atoms with van der Waals surface area (Å²) in [7, 11) is 5.51. The lowest BCUT2D eigenvalue weighted by atomic mass is 10.0. The number of likely N-dealkylation sites (N-methyl/N-ethyl adjacent to an activating group) is 1. The molecule has 4 aromatic rings. The summed E-state index contributed by atoms with van der Waals surface area (Å²) in [6.07, 6.45) is 8.00. The number of aromatic nitrogens is 6. The van der Waals surface area contributed by atoms with Gasteiger partial charge in [0.15, 0.2) is 5.82 Å². The van der Waals surface area contributed by atoms with Gasteiger partial charge in [-0.25, -0.2) is 15.0 Å². The molecule has 0 bridgehead atoms. The Bertz CT molecular complexity index is 1490. The molecular formula is C28H38N10O2. The zero-order valence-electron chi connectivity index (χ0n) is 24.0. The molecule has 1 aliphatic rings. The van der Waals surface area contributed by atoms with Gasteiger partial charge in [-0.05, 0) is 37.9 Å². The minimum absolute atomic E-state index is 0.0236. The van der Waals surface area contributed by atoms with Gasteiger partial charge in [0.2, 0.25) is 11.9 Å². The number of ether oxygens (including phenoxy) is 1. The van der Waals surface area contributed by atoms with Crippen LogP contribution in [0.4, 0.5) is 17.5 Å². The highest BCUT2D eigenvalue weighted by Crippen LogP contribution is 2.33. The molecule has 0 unspecified atom stereocenters. The molecule has 5 heterocycles. The molecule has 0 spiro atoms. The third-order valence-corrected chi connectivity index (χ3v) is 7.28. The van der Waals surface area contributed by atoms with Crippen molar-refractivity contribution in [2.45, 2.75) is 33.2 Å². The topological polar surface area (TPSA) is 129 Å². The number of hydrogen-bond acceptors (Lipinski definition) is 9. The Hall–Kier alpha value is -4.03. The van der Waals surface area contributed by atoms with Crippen molar-refractivity contribution in [2.24, 2.45) is 13.0 Å². The second-order valence-electron chi connectivity index (χ2n) is 10.8. The molecule has 3 N–H and O–H groups in total. The molecule has 1 saturated heterocycles. The highest BCUT2D eigenvalue weighted by Gasteiger charge is 2.30. The number of rotatable bonds is 9. The van der Waals surface area contributed by atoms with Gasteiger partial charge in [0.25, 0.3) is 5.88 Å². The van der Waals surface area contributed by atoms with Crippen LogP contribution in [0.5, 0.6) is 5.88 Å². The van der Waals surface area contributed by atoms with Crippen LogP contribution in [0.3, 0.4) is 0 Å². The fourth-order valence-corrected chi connectivity index (χ4v) is 5.15. The van der Waals surface area contributed by atoms with Crippen LogP contribution in [-0.4, -0.2) is 91.8 Å². The average Bonchev–Trinajstić information content (AvgIpc) is 3.52. The van der Waals surface area contributed by atoms with Crippen LogP contribution in [0.25, 0.3) is 22.2 Å². The Labute approximate surface area is 234 Å². The number of pyridine rings is 1. The average molecular weight is 547 g/mol. The Morgan fingerprint density at radius 3 is 2.67 bits per heavy atom. The Balaban J connectivity index is 1.42. The zero-order chi connectivity index (χ0) is 28.4. The molecule has 1 amide bonds. The fourth-order valence-electron chi connectivity index (χ4n) is 5.15. The van der Waals surface area contributed by atoms with E-state index in [9.17, 15) is 4.79 Å². The van der Waals surface area contributed by atoms with Crippen LogP contribution in [0.1, 0.15) is 25.8 Å².